The van der Waals surface area contributed by atoms with Gasteiger partial charge in [-0.2, -0.15) is 0 Å². The lowest BCUT2D eigenvalue weighted by Crippen LogP contribution is -2.28. The predicted octanol–water partition coefficient (Wildman–Crippen LogP) is 1.56. The topological polar surface area (TPSA) is 34.1 Å². The zero-order chi connectivity index (χ0) is 9.80. The summed E-state index contributed by atoms with van der Waals surface area (Å²) in [4.78, 5) is 4.18. The van der Waals surface area contributed by atoms with Crippen LogP contribution in [0.15, 0.2) is 18.5 Å². The zero-order valence-corrected chi connectivity index (χ0v) is 8.49. The fourth-order valence-electron chi connectivity index (χ4n) is 1.91. The minimum atomic E-state index is 0.603. The van der Waals surface area contributed by atoms with E-state index in [1.165, 1.54) is 18.4 Å². The van der Waals surface area contributed by atoms with Crippen LogP contribution in [0.3, 0.4) is 0 Å². The molecule has 0 spiro atoms. The van der Waals surface area contributed by atoms with Crippen molar-refractivity contribution in [3.8, 4) is 5.75 Å². The largest absolute Gasteiger partial charge is 0.495 e. The van der Waals surface area contributed by atoms with E-state index in [0.717, 1.165) is 18.8 Å². The van der Waals surface area contributed by atoms with Crippen LogP contribution < -0.4 is 10.1 Å². The lowest BCUT2D eigenvalue weighted by atomic mass is 9.93. The van der Waals surface area contributed by atoms with Crippen LogP contribution in [0, 0.1) is 0 Å². The summed E-state index contributed by atoms with van der Waals surface area (Å²) >= 11 is 0. The minimum absolute atomic E-state index is 0.603. The molecular weight excluding hydrogens is 176 g/mol. The van der Waals surface area contributed by atoms with Gasteiger partial charge in [0.05, 0.1) is 13.3 Å². The van der Waals surface area contributed by atoms with Crippen molar-refractivity contribution in [2.45, 2.75) is 18.8 Å². The first-order valence-electron chi connectivity index (χ1n) is 5.10. The van der Waals surface area contributed by atoms with Crippen molar-refractivity contribution in [1.82, 2.24) is 10.3 Å². The molecular formula is C11H16N2O. The molecule has 0 radical (unpaired) electrons. The number of hydrogen-bond acceptors (Lipinski definition) is 3. The summed E-state index contributed by atoms with van der Waals surface area (Å²) in [5, 5.41) is 3.40. The molecule has 2 heterocycles. The van der Waals surface area contributed by atoms with Crippen LogP contribution in [-0.4, -0.2) is 25.2 Å². The Morgan fingerprint density at radius 3 is 3.14 bits per heavy atom. The van der Waals surface area contributed by atoms with E-state index in [4.69, 9.17) is 4.74 Å². The summed E-state index contributed by atoms with van der Waals surface area (Å²) in [6.07, 6.45) is 6.20. The maximum Gasteiger partial charge on any atom is 0.137 e. The third-order valence-corrected chi connectivity index (χ3v) is 2.74. The fraction of sp³-hybridized carbons (Fsp3) is 0.545. The number of methoxy groups -OCH3 is 1. The molecule has 0 bridgehead atoms. The Hall–Kier alpha value is -1.09. The Labute approximate surface area is 84.5 Å². The number of nitrogens with one attached hydrogen (secondary N) is 1. The molecule has 1 aromatic rings. The third kappa shape index (κ3) is 2.04. The van der Waals surface area contributed by atoms with E-state index in [-0.39, 0.29) is 0 Å². The van der Waals surface area contributed by atoms with Crippen LogP contribution >= 0.6 is 0 Å². The smallest absolute Gasteiger partial charge is 0.137 e. The second-order valence-electron chi connectivity index (χ2n) is 3.70. The normalized spacial score (nSPS) is 21.9. The highest BCUT2D eigenvalue weighted by Crippen LogP contribution is 2.24. The van der Waals surface area contributed by atoms with Gasteiger partial charge in [0.15, 0.2) is 0 Å². The Kier molecular flexibility index (Phi) is 2.99. The number of rotatable bonds is 2. The second kappa shape index (κ2) is 4.42. The van der Waals surface area contributed by atoms with Crippen molar-refractivity contribution in [3.05, 3.63) is 24.0 Å². The van der Waals surface area contributed by atoms with Crippen LogP contribution in [0.5, 0.6) is 5.75 Å². The van der Waals surface area contributed by atoms with Gasteiger partial charge in [0.1, 0.15) is 5.75 Å². The molecule has 0 amide bonds. The van der Waals surface area contributed by atoms with Gasteiger partial charge in [0, 0.05) is 12.7 Å². The standard InChI is InChI=1S/C11H16N2O/c1-14-11-5-10(7-13-8-11)9-3-2-4-12-6-9/h5,7-9,12H,2-4,6H2,1H3/t9-/m0/s1. The van der Waals surface area contributed by atoms with E-state index in [0.29, 0.717) is 5.92 Å². The summed E-state index contributed by atoms with van der Waals surface area (Å²) in [5.41, 5.74) is 1.29. The van der Waals surface area contributed by atoms with Gasteiger partial charge in [-0.15, -0.1) is 0 Å². The number of hydrogen-bond donors (Lipinski definition) is 1. The molecule has 1 aliphatic rings. The van der Waals surface area contributed by atoms with Gasteiger partial charge in [0.25, 0.3) is 0 Å². The van der Waals surface area contributed by atoms with Gasteiger partial charge >= 0.3 is 0 Å². The molecule has 2 rings (SSSR count). The van der Waals surface area contributed by atoms with Gasteiger partial charge in [-0.1, -0.05) is 0 Å². The fourth-order valence-corrected chi connectivity index (χ4v) is 1.91. The summed E-state index contributed by atoms with van der Waals surface area (Å²) in [6, 6.07) is 2.09. The Bertz CT molecular complexity index is 295. The number of ether oxygens (including phenoxy) is 1. The van der Waals surface area contributed by atoms with Crippen LogP contribution in [0.4, 0.5) is 0 Å². The molecule has 0 saturated carbocycles. The average molecular weight is 192 g/mol. The van der Waals surface area contributed by atoms with Crippen molar-refractivity contribution >= 4 is 0 Å². The molecule has 0 aromatic carbocycles. The van der Waals surface area contributed by atoms with Crippen molar-refractivity contribution < 1.29 is 4.74 Å². The van der Waals surface area contributed by atoms with Gasteiger partial charge in [-0.05, 0) is 36.9 Å². The van der Waals surface area contributed by atoms with E-state index in [1.807, 2.05) is 6.20 Å². The number of piperidine rings is 1. The summed E-state index contributed by atoms with van der Waals surface area (Å²) < 4.78 is 5.16. The molecule has 14 heavy (non-hydrogen) atoms. The molecule has 0 unspecified atom stereocenters. The maximum absolute atomic E-state index is 5.16. The molecule has 1 aromatic heterocycles. The quantitative estimate of drug-likeness (QED) is 0.772. The Morgan fingerprint density at radius 1 is 1.50 bits per heavy atom. The van der Waals surface area contributed by atoms with Crippen LogP contribution in [-0.2, 0) is 0 Å². The Balaban J connectivity index is 2.13. The summed E-state index contributed by atoms with van der Waals surface area (Å²) in [7, 11) is 1.68. The van der Waals surface area contributed by atoms with Gasteiger partial charge in [-0.3, -0.25) is 4.98 Å². The van der Waals surface area contributed by atoms with Crippen LogP contribution in [0.25, 0.3) is 0 Å². The summed E-state index contributed by atoms with van der Waals surface area (Å²) in [5.74, 6) is 1.46. The first-order chi connectivity index (χ1) is 6.90. The lowest BCUT2D eigenvalue weighted by Gasteiger charge is -2.22. The van der Waals surface area contributed by atoms with E-state index in [1.54, 1.807) is 13.3 Å². The Morgan fingerprint density at radius 2 is 2.43 bits per heavy atom. The van der Waals surface area contributed by atoms with Crippen molar-refractivity contribution in [1.29, 1.82) is 0 Å². The highest BCUT2D eigenvalue weighted by atomic mass is 16.5. The molecule has 3 heteroatoms. The lowest BCUT2D eigenvalue weighted by molar-refractivity contribution is 0.409. The highest BCUT2D eigenvalue weighted by molar-refractivity contribution is 5.26. The van der Waals surface area contributed by atoms with Gasteiger partial charge < -0.3 is 10.1 Å². The molecule has 76 valence electrons. The molecule has 1 aliphatic heterocycles. The first kappa shape index (κ1) is 9.46. The van der Waals surface area contributed by atoms with Crippen LogP contribution in [0.1, 0.15) is 24.3 Å². The predicted molar refractivity (Wildman–Crippen MR) is 55.6 cm³/mol. The zero-order valence-electron chi connectivity index (χ0n) is 8.49. The number of pyridine rings is 1. The summed E-state index contributed by atoms with van der Waals surface area (Å²) in [6.45, 7) is 2.21. The molecule has 1 fully saturated rings. The van der Waals surface area contributed by atoms with Crippen molar-refractivity contribution in [2.75, 3.05) is 20.2 Å². The van der Waals surface area contributed by atoms with Crippen LogP contribution in [0.2, 0.25) is 0 Å². The van der Waals surface area contributed by atoms with E-state index >= 15 is 0 Å². The minimum Gasteiger partial charge on any atom is -0.495 e. The highest BCUT2D eigenvalue weighted by Gasteiger charge is 2.15. The SMILES string of the molecule is COc1cncc([C@H]2CCCNC2)c1. The average Bonchev–Trinajstić information content (AvgIpc) is 2.30. The van der Waals surface area contributed by atoms with E-state index in [9.17, 15) is 0 Å². The van der Waals surface area contributed by atoms with Crippen molar-refractivity contribution in [2.24, 2.45) is 0 Å². The molecule has 1 atom stereocenters. The van der Waals surface area contributed by atoms with Crippen molar-refractivity contribution in [3.63, 3.8) is 0 Å². The molecule has 3 nitrogen and oxygen atoms in total. The van der Waals surface area contributed by atoms with E-state index in [2.05, 4.69) is 16.4 Å². The molecule has 1 N–H and O–H groups in total. The van der Waals surface area contributed by atoms with E-state index < -0.39 is 0 Å². The first-order valence-corrected chi connectivity index (χ1v) is 5.10. The third-order valence-electron chi connectivity index (χ3n) is 2.74. The van der Waals surface area contributed by atoms with Gasteiger partial charge in [0.2, 0.25) is 0 Å². The maximum atomic E-state index is 5.16. The van der Waals surface area contributed by atoms with Gasteiger partial charge in [-0.25, -0.2) is 0 Å². The number of nitrogens with zero attached hydrogens (tertiary/aromatic N) is 1. The molecule has 1 saturated heterocycles. The second-order valence-corrected chi connectivity index (χ2v) is 3.70. The monoisotopic (exact) mass is 192 g/mol. The number of aromatic nitrogens is 1. The molecule has 0 aliphatic carbocycles.